The van der Waals surface area contributed by atoms with Gasteiger partial charge in [-0.25, -0.2) is 4.98 Å². The number of halogens is 1. The van der Waals surface area contributed by atoms with Crippen LogP contribution in [0, 0.1) is 6.92 Å². The molecule has 0 atom stereocenters. The van der Waals surface area contributed by atoms with Gasteiger partial charge in [-0.1, -0.05) is 41.9 Å². The molecule has 0 saturated carbocycles. The van der Waals surface area contributed by atoms with Crippen LogP contribution in [-0.2, 0) is 6.54 Å². The van der Waals surface area contributed by atoms with E-state index >= 15 is 0 Å². The molecule has 16 heavy (non-hydrogen) atoms. The van der Waals surface area contributed by atoms with Crippen LogP contribution in [0.1, 0.15) is 11.1 Å². The summed E-state index contributed by atoms with van der Waals surface area (Å²) in [6, 6.07) is 12.2. The zero-order chi connectivity index (χ0) is 11.4. The standard InChI is InChI=1S/C13H13ClN2/c1-10-7-12(13(14)16-8-10)15-9-11-5-3-2-4-6-11/h2-8,15H,9H2,1H3. The Morgan fingerprint density at radius 2 is 2.00 bits per heavy atom. The van der Waals surface area contributed by atoms with E-state index in [1.807, 2.05) is 31.2 Å². The van der Waals surface area contributed by atoms with E-state index in [9.17, 15) is 0 Å². The van der Waals surface area contributed by atoms with Gasteiger partial charge < -0.3 is 5.32 Å². The molecule has 2 rings (SSSR count). The highest BCUT2D eigenvalue weighted by Gasteiger charge is 2.01. The molecule has 2 nitrogen and oxygen atoms in total. The summed E-state index contributed by atoms with van der Waals surface area (Å²) in [6.07, 6.45) is 1.76. The fourth-order valence-electron chi connectivity index (χ4n) is 1.47. The van der Waals surface area contributed by atoms with Gasteiger partial charge in [0.1, 0.15) is 0 Å². The molecule has 0 bridgehead atoms. The second-order valence-electron chi connectivity index (χ2n) is 3.69. The molecule has 0 amide bonds. The lowest BCUT2D eigenvalue weighted by Gasteiger charge is -2.08. The minimum absolute atomic E-state index is 0.515. The van der Waals surface area contributed by atoms with Gasteiger partial charge in [-0.2, -0.15) is 0 Å². The molecule has 0 saturated heterocycles. The van der Waals surface area contributed by atoms with E-state index in [1.165, 1.54) is 5.56 Å². The molecule has 1 aromatic heterocycles. The normalized spacial score (nSPS) is 10.1. The quantitative estimate of drug-likeness (QED) is 0.817. The highest BCUT2D eigenvalue weighted by molar-refractivity contribution is 6.31. The molecule has 3 heteroatoms. The van der Waals surface area contributed by atoms with Crippen LogP contribution in [0.15, 0.2) is 42.6 Å². The number of hydrogen-bond donors (Lipinski definition) is 1. The van der Waals surface area contributed by atoms with Crippen molar-refractivity contribution in [1.82, 2.24) is 4.98 Å². The third-order valence-corrected chi connectivity index (χ3v) is 2.60. The second kappa shape index (κ2) is 4.99. The lowest BCUT2D eigenvalue weighted by molar-refractivity contribution is 1.13. The molecule has 0 aliphatic carbocycles. The summed E-state index contributed by atoms with van der Waals surface area (Å²) in [4.78, 5) is 4.09. The van der Waals surface area contributed by atoms with Crippen LogP contribution in [0.4, 0.5) is 5.69 Å². The number of anilines is 1. The summed E-state index contributed by atoms with van der Waals surface area (Å²) in [5.41, 5.74) is 3.20. The first-order valence-electron chi connectivity index (χ1n) is 5.15. The molecule has 0 aliphatic heterocycles. The van der Waals surface area contributed by atoms with E-state index in [0.29, 0.717) is 5.15 Å². The number of nitrogens with one attached hydrogen (secondary N) is 1. The topological polar surface area (TPSA) is 24.9 Å². The molecule has 1 aromatic carbocycles. The van der Waals surface area contributed by atoms with E-state index in [-0.39, 0.29) is 0 Å². The maximum Gasteiger partial charge on any atom is 0.152 e. The molecular weight excluding hydrogens is 220 g/mol. The fraction of sp³-hybridized carbons (Fsp3) is 0.154. The molecule has 0 spiro atoms. The van der Waals surface area contributed by atoms with Gasteiger partial charge in [-0.3, -0.25) is 0 Å². The Bertz CT molecular complexity index is 469. The van der Waals surface area contributed by atoms with Gasteiger partial charge in [0.25, 0.3) is 0 Å². The fourth-order valence-corrected chi connectivity index (χ4v) is 1.64. The summed E-state index contributed by atoms with van der Waals surface area (Å²) in [6.45, 7) is 2.75. The average molecular weight is 233 g/mol. The van der Waals surface area contributed by atoms with Crippen LogP contribution in [0.2, 0.25) is 5.15 Å². The largest absolute Gasteiger partial charge is 0.378 e. The molecule has 0 radical (unpaired) electrons. The van der Waals surface area contributed by atoms with Crippen LogP contribution < -0.4 is 5.32 Å². The molecule has 82 valence electrons. The Labute approximate surface area is 100 Å². The first-order chi connectivity index (χ1) is 7.75. The zero-order valence-corrected chi connectivity index (χ0v) is 9.83. The van der Waals surface area contributed by atoms with Crippen LogP contribution in [0.3, 0.4) is 0 Å². The van der Waals surface area contributed by atoms with E-state index in [2.05, 4.69) is 22.4 Å². The van der Waals surface area contributed by atoms with Crippen LogP contribution in [-0.4, -0.2) is 4.98 Å². The average Bonchev–Trinajstić information content (AvgIpc) is 2.32. The van der Waals surface area contributed by atoms with Crippen molar-refractivity contribution >= 4 is 17.3 Å². The minimum Gasteiger partial charge on any atom is -0.378 e. The SMILES string of the molecule is Cc1cnc(Cl)c(NCc2ccccc2)c1. The van der Waals surface area contributed by atoms with Gasteiger partial charge >= 0.3 is 0 Å². The summed E-state index contributed by atoms with van der Waals surface area (Å²) < 4.78 is 0. The van der Waals surface area contributed by atoms with Gasteiger partial charge in [0.05, 0.1) is 5.69 Å². The van der Waals surface area contributed by atoms with E-state index in [0.717, 1.165) is 17.8 Å². The van der Waals surface area contributed by atoms with Crippen LogP contribution >= 0.6 is 11.6 Å². The van der Waals surface area contributed by atoms with Gasteiger partial charge in [0, 0.05) is 12.7 Å². The highest BCUT2D eigenvalue weighted by Crippen LogP contribution is 2.20. The van der Waals surface area contributed by atoms with E-state index < -0.39 is 0 Å². The zero-order valence-electron chi connectivity index (χ0n) is 9.07. The molecule has 0 unspecified atom stereocenters. The highest BCUT2D eigenvalue weighted by atomic mass is 35.5. The van der Waals surface area contributed by atoms with Crippen molar-refractivity contribution in [3.05, 3.63) is 58.9 Å². The van der Waals surface area contributed by atoms with Gasteiger partial charge in [0.15, 0.2) is 5.15 Å². The second-order valence-corrected chi connectivity index (χ2v) is 4.05. The van der Waals surface area contributed by atoms with Crippen molar-refractivity contribution in [3.8, 4) is 0 Å². The predicted molar refractivity (Wildman–Crippen MR) is 67.8 cm³/mol. The van der Waals surface area contributed by atoms with Crippen molar-refractivity contribution < 1.29 is 0 Å². The Morgan fingerprint density at radius 3 is 2.75 bits per heavy atom. The lowest BCUT2D eigenvalue weighted by Crippen LogP contribution is -2.00. The first-order valence-corrected chi connectivity index (χ1v) is 5.53. The van der Waals surface area contributed by atoms with Gasteiger partial charge in [-0.05, 0) is 24.1 Å². The molecule has 1 heterocycles. The van der Waals surface area contributed by atoms with E-state index in [1.54, 1.807) is 6.20 Å². The first kappa shape index (κ1) is 11.0. The third kappa shape index (κ3) is 2.74. The molecule has 0 aliphatic rings. The summed E-state index contributed by atoms with van der Waals surface area (Å²) in [5.74, 6) is 0. The Hall–Kier alpha value is -1.54. The smallest absolute Gasteiger partial charge is 0.152 e. The van der Waals surface area contributed by atoms with Gasteiger partial charge in [-0.15, -0.1) is 0 Å². The number of benzene rings is 1. The number of hydrogen-bond acceptors (Lipinski definition) is 2. The number of aryl methyl sites for hydroxylation is 1. The Morgan fingerprint density at radius 1 is 1.25 bits per heavy atom. The van der Waals surface area contributed by atoms with E-state index in [4.69, 9.17) is 11.6 Å². The summed E-state index contributed by atoms with van der Waals surface area (Å²) >= 11 is 5.99. The minimum atomic E-state index is 0.515. The number of aromatic nitrogens is 1. The van der Waals surface area contributed by atoms with Crippen molar-refractivity contribution in [2.24, 2.45) is 0 Å². The Balaban J connectivity index is 2.08. The predicted octanol–water partition coefficient (Wildman–Crippen LogP) is 3.66. The molecule has 1 N–H and O–H groups in total. The number of nitrogens with zero attached hydrogens (tertiary/aromatic N) is 1. The lowest BCUT2D eigenvalue weighted by atomic mass is 10.2. The number of pyridine rings is 1. The molecule has 2 aromatic rings. The van der Waals surface area contributed by atoms with Crippen molar-refractivity contribution in [2.75, 3.05) is 5.32 Å². The maximum absolute atomic E-state index is 5.99. The molecule has 0 fully saturated rings. The number of rotatable bonds is 3. The van der Waals surface area contributed by atoms with Crippen LogP contribution in [0.5, 0.6) is 0 Å². The molecular formula is C13H13ClN2. The van der Waals surface area contributed by atoms with Crippen molar-refractivity contribution in [3.63, 3.8) is 0 Å². The monoisotopic (exact) mass is 232 g/mol. The Kier molecular flexibility index (Phi) is 3.42. The summed E-state index contributed by atoms with van der Waals surface area (Å²) in [7, 11) is 0. The van der Waals surface area contributed by atoms with Crippen LogP contribution in [0.25, 0.3) is 0 Å². The third-order valence-electron chi connectivity index (χ3n) is 2.30. The summed E-state index contributed by atoms with van der Waals surface area (Å²) in [5, 5.41) is 3.79. The van der Waals surface area contributed by atoms with Crippen molar-refractivity contribution in [1.29, 1.82) is 0 Å². The van der Waals surface area contributed by atoms with Crippen molar-refractivity contribution in [2.45, 2.75) is 13.5 Å². The maximum atomic E-state index is 5.99. The van der Waals surface area contributed by atoms with Gasteiger partial charge in [0.2, 0.25) is 0 Å².